The van der Waals surface area contributed by atoms with Crippen molar-refractivity contribution in [3.05, 3.63) is 42.7 Å². The maximum atomic E-state index is 14.3. The van der Waals surface area contributed by atoms with E-state index in [1.54, 1.807) is 58.2 Å². The molecule has 2 unspecified atom stereocenters. The second-order valence-electron chi connectivity index (χ2n) is 17.0. The molecular formula is C42H67N3O11. The summed E-state index contributed by atoms with van der Waals surface area (Å²) in [6.45, 7) is 20.6. The molecule has 0 radical (unpaired) electrons. The van der Waals surface area contributed by atoms with Crippen molar-refractivity contribution < 1.29 is 53.0 Å². The predicted octanol–water partition coefficient (Wildman–Crippen LogP) is 3.70. The number of carbonyl (C=O) groups is 3. The Morgan fingerprint density at radius 2 is 1.77 bits per heavy atom. The van der Waals surface area contributed by atoms with Crippen LogP contribution in [0.2, 0.25) is 0 Å². The minimum absolute atomic E-state index is 0.169. The number of likely N-dealkylation sites (N-methyl/N-ethyl adjacent to an activating group) is 1. The molecule has 316 valence electrons. The Kier molecular flexibility index (Phi) is 15.7. The molecule has 0 aromatic carbocycles. The summed E-state index contributed by atoms with van der Waals surface area (Å²) in [5, 5.41) is 25.0. The Hall–Kier alpha value is -2.98. The van der Waals surface area contributed by atoms with Gasteiger partial charge in [0, 0.05) is 38.2 Å². The van der Waals surface area contributed by atoms with E-state index in [9.17, 15) is 24.6 Å². The minimum atomic E-state index is -1.65. The molecule has 3 saturated heterocycles. The fraction of sp³-hybridized carbons (Fsp3) is 0.762. The lowest BCUT2D eigenvalue weighted by molar-refractivity contribution is -0.301. The summed E-state index contributed by atoms with van der Waals surface area (Å²) in [4.78, 5) is 49.0. The Morgan fingerprint density at radius 3 is 2.36 bits per heavy atom. The number of aliphatic hydroxyl groups is 2. The molecule has 0 aliphatic carbocycles. The van der Waals surface area contributed by atoms with E-state index in [0.29, 0.717) is 25.2 Å². The molecule has 3 aliphatic rings. The summed E-state index contributed by atoms with van der Waals surface area (Å²) < 4.78 is 38.0. The SMILES string of the molecule is C=CC1CN2C[C@H](C)[C@@H](O1)[C@](C)(O)[C@@H](CC)OC(=O)[C@H](C)[C@@H](OC(=O)Cc1ccccn1)[C@H](C)[C@@H](O[C@@H]1O[C@H](C)C[C@H](N(C)C)[C@H]1OC(C)=O)[C@](C)(O)C[C@H]2C. The van der Waals surface area contributed by atoms with E-state index < -0.39 is 83.9 Å². The number of aromatic nitrogens is 1. The van der Waals surface area contributed by atoms with Gasteiger partial charge in [0.25, 0.3) is 0 Å². The van der Waals surface area contributed by atoms with Gasteiger partial charge in [-0.15, -0.1) is 6.58 Å². The zero-order chi connectivity index (χ0) is 41.7. The van der Waals surface area contributed by atoms with E-state index in [1.807, 2.05) is 46.7 Å². The van der Waals surface area contributed by atoms with Crippen LogP contribution in [-0.4, -0.2) is 142 Å². The molecule has 1 aromatic heterocycles. The molecule has 3 fully saturated rings. The molecule has 14 heteroatoms. The van der Waals surface area contributed by atoms with Crippen molar-refractivity contribution >= 4 is 17.9 Å². The summed E-state index contributed by atoms with van der Waals surface area (Å²) in [5.41, 5.74) is -2.78. The normalized spacial score (nSPS) is 41.4. The van der Waals surface area contributed by atoms with Crippen LogP contribution in [0.15, 0.2) is 37.1 Å². The van der Waals surface area contributed by atoms with Crippen molar-refractivity contribution in [2.75, 3.05) is 27.2 Å². The topological polar surface area (TPSA) is 166 Å². The Labute approximate surface area is 333 Å². The number of hydrogen-bond donors (Lipinski definition) is 2. The highest BCUT2D eigenvalue weighted by molar-refractivity contribution is 5.75. The van der Waals surface area contributed by atoms with Crippen LogP contribution < -0.4 is 0 Å². The second kappa shape index (κ2) is 19.2. The van der Waals surface area contributed by atoms with Crippen LogP contribution >= 0.6 is 0 Å². The zero-order valence-corrected chi connectivity index (χ0v) is 35.3. The van der Waals surface area contributed by atoms with E-state index in [-0.39, 0.29) is 43.4 Å². The summed E-state index contributed by atoms with van der Waals surface area (Å²) in [6, 6.07) is 4.66. The van der Waals surface area contributed by atoms with Crippen LogP contribution in [-0.2, 0) is 49.2 Å². The average Bonchev–Trinajstić information content (AvgIpc) is 3.30. The Morgan fingerprint density at radius 1 is 1.07 bits per heavy atom. The lowest BCUT2D eigenvalue weighted by Crippen LogP contribution is -2.60. The van der Waals surface area contributed by atoms with Crippen molar-refractivity contribution in [1.29, 1.82) is 0 Å². The summed E-state index contributed by atoms with van der Waals surface area (Å²) in [7, 11) is 3.78. The molecule has 0 amide bonds. The first-order valence-corrected chi connectivity index (χ1v) is 20.1. The number of pyridine rings is 1. The minimum Gasteiger partial charge on any atom is -0.461 e. The van der Waals surface area contributed by atoms with Crippen LogP contribution in [0, 0.1) is 17.8 Å². The molecule has 2 bridgehead atoms. The maximum absolute atomic E-state index is 14.3. The van der Waals surface area contributed by atoms with Crippen LogP contribution in [0.3, 0.4) is 0 Å². The molecule has 14 nitrogen and oxygen atoms in total. The summed E-state index contributed by atoms with van der Waals surface area (Å²) in [5.74, 6) is -4.07. The van der Waals surface area contributed by atoms with Crippen molar-refractivity contribution in [3.63, 3.8) is 0 Å². The highest BCUT2D eigenvalue weighted by atomic mass is 16.7. The number of ether oxygens (including phenoxy) is 6. The van der Waals surface area contributed by atoms with Crippen LogP contribution in [0.4, 0.5) is 0 Å². The molecule has 0 spiro atoms. The molecule has 1 aromatic rings. The zero-order valence-electron chi connectivity index (χ0n) is 35.3. The fourth-order valence-corrected chi connectivity index (χ4v) is 8.98. The van der Waals surface area contributed by atoms with Crippen molar-refractivity contribution in [2.24, 2.45) is 17.8 Å². The van der Waals surface area contributed by atoms with Gasteiger partial charge in [0.15, 0.2) is 12.4 Å². The Balaban J connectivity index is 1.87. The number of hydrogen-bond acceptors (Lipinski definition) is 14. The molecule has 56 heavy (non-hydrogen) atoms. The lowest BCUT2D eigenvalue weighted by Gasteiger charge is -2.48. The van der Waals surface area contributed by atoms with Gasteiger partial charge in [-0.05, 0) is 86.0 Å². The van der Waals surface area contributed by atoms with Gasteiger partial charge in [0.05, 0.1) is 54.1 Å². The molecule has 0 saturated carbocycles. The van der Waals surface area contributed by atoms with Gasteiger partial charge in [0.2, 0.25) is 0 Å². The number of nitrogens with zero attached hydrogens (tertiary/aromatic N) is 3. The standard InChI is InChI=1S/C42H67N3O11/c1-13-31-23-45-22-24(3)37(53-31)42(10,50)33(14-2)54-39(48)28(7)35(55-34(47)20-30-17-15-16-18-43-30)27(6)38(41(9,49)21-25(45)4)56-40-36(52-29(8)46)32(44(11)12)19-26(5)51-40/h13,15-18,24-28,31-33,35-38,40,49-50H,1,14,19-23H2,2-12H3/t24-,25+,26+,27-,28+,31?,32-,33+,35-,36+,37+,38+,40-,41+,42+/m0/s1. The molecular weight excluding hydrogens is 722 g/mol. The third-order valence-corrected chi connectivity index (χ3v) is 11.9. The smallest absolute Gasteiger partial charge is 0.312 e. The van der Waals surface area contributed by atoms with E-state index in [1.165, 1.54) is 6.92 Å². The predicted molar refractivity (Wildman–Crippen MR) is 208 cm³/mol. The first-order valence-electron chi connectivity index (χ1n) is 20.1. The molecule has 4 heterocycles. The van der Waals surface area contributed by atoms with Gasteiger partial charge in [0.1, 0.15) is 17.8 Å². The van der Waals surface area contributed by atoms with E-state index in [4.69, 9.17) is 28.4 Å². The first-order chi connectivity index (χ1) is 26.2. The van der Waals surface area contributed by atoms with E-state index >= 15 is 0 Å². The van der Waals surface area contributed by atoms with Crippen LogP contribution in [0.25, 0.3) is 0 Å². The van der Waals surface area contributed by atoms with Crippen LogP contribution in [0.5, 0.6) is 0 Å². The van der Waals surface area contributed by atoms with Crippen molar-refractivity contribution in [1.82, 2.24) is 14.8 Å². The number of esters is 3. The Bertz CT molecular complexity index is 1470. The highest BCUT2D eigenvalue weighted by Crippen LogP contribution is 2.39. The maximum Gasteiger partial charge on any atom is 0.312 e. The van der Waals surface area contributed by atoms with Crippen molar-refractivity contribution in [2.45, 2.75) is 160 Å². The third kappa shape index (κ3) is 10.9. The second-order valence-corrected chi connectivity index (χ2v) is 17.0. The van der Waals surface area contributed by atoms with Gasteiger partial charge in [-0.25, -0.2) is 0 Å². The van der Waals surface area contributed by atoms with Gasteiger partial charge in [-0.2, -0.15) is 0 Å². The summed E-state index contributed by atoms with van der Waals surface area (Å²) in [6.07, 6.45) is -2.74. The monoisotopic (exact) mass is 789 g/mol. The lowest BCUT2D eigenvalue weighted by atomic mass is 9.78. The molecule has 2 N–H and O–H groups in total. The van der Waals surface area contributed by atoms with Gasteiger partial charge in [-0.1, -0.05) is 32.9 Å². The third-order valence-electron chi connectivity index (χ3n) is 11.9. The fourth-order valence-electron chi connectivity index (χ4n) is 8.98. The highest BCUT2D eigenvalue weighted by Gasteiger charge is 2.53. The first kappa shape index (κ1) is 45.7. The largest absolute Gasteiger partial charge is 0.461 e. The number of fused-ring (bicyclic) bond motifs is 3. The average molecular weight is 790 g/mol. The number of carbonyl (C=O) groups excluding carboxylic acids is 3. The van der Waals surface area contributed by atoms with E-state index in [2.05, 4.69) is 16.5 Å². The molecule has 3 aliphatic heterocycles. The quantitative estimate of drug-likeness (QED) is 0.211. The summed E-state index contributed by atoms with van der Waals surface area (Å²) >= 11 is 0. The van der Waals surface area contributed by atoms with E-state index in [0.717, 1.165) is 0 Å². The van der Waals surface area contributed by atoms with Crippen molar-refractivity contribution in [3.8, 4) is 0 Å². The molecule has 16 atom stereocenters. The van der Waals surface area contributed by atoms with Crippen LogP contribution in [0.1, 0.15) is 87.3 Å². The van der Waals surface area contributed by atoms with Gasteiger partial charge in [-0.3, -0.25) is 24.3 Å². The number of rotatable bonds is 9. The molecule has 4 rings (SSSR count). The van der Waals surface area contributed by atoms with Gasteiger partial charge >= 0.3 is 17.9 Å². The van der Waals surface area contributed by atoms with Gasteiger partial charge < -0.3 is 43.5 Å². The number of cyclic esters (lactones) is 1.